The number of hydrogen-bond donors (Lipinski definition) is 3. The first-order chi connectivity index (χ1) is 11.8. The molecule has 0 amide bonds. The van der Waals surface area contributed by atoms with E-state index in [1.165, 1.54) is 18.2 Å². The number of aromatic hydroxyl groups is 1. The van der Waals surface area contributed by atoms with E-state index in [0.717, 1.165) is 0 Å². The Morgan fingerprint density at radius 2 is 2.08 bits per heavy atom. The highest BCUT2D eigenvalue weighted by atomic mass is 16.5. The number of ketones is 2. The number of benzene rings is 1. The molecule has 3 rings (SSSR count). The lowest BCUT2D eigenvalue weighted by Crippen LogP contribution is -2.65. The number of aliphatic carboxylic acids is 1. The lowest BCUT2D eigenvalue weighted by molar-refractivity contribution is -0.181. The smallest absolute Gasteiger partial charge is 0.305 e. The number of carbonyl (C=O) groups excluding carboxylic acids is 2. The number of aliphatic hydroxyl groups is 1. The molecule has 0 radical (unpaired) electrons. The van der Waals surface area contributed by atoms with Crippen molar-refractivity contribution in [2.24, 2.45) is 5.92 Å². The van der Waals surface area contributed by atoms with E-state index in [4.69, 9.17) is 9.84 Å². The van der Waals surface area contributed by atoms with Crippen LogP contribution < -0.4 is 0 Å². The molecule has 4 atom stereocenters. The zero-order chi connectivity index (χ0) is 18.4. The van der Waals surface area contributed by atoms with Crippen molar-refractivity contribution in [3.63, 3.8) is 0 Å². The second-order valence-electron chi connectivity index (χ2n) is 6.64. The predicted molar refractivity (Wildman–Crippen MR) is 85.6 cm³/mol. The normalized spacial score (nSPS) is 31.4. The molecule has 2 aliphatic rings. The van der Waals surface area contributed by atoms with E-state index >= 15 is 0 Å². The maximum absolute atomic E-state index is 13.0. The van der Waals surface area contributed by atoms with E-state index in [9.17, 15) is 24.6 Å². The lowest BCUT2D eigenvalue weighted by atomic mass is 9.64. The molecule has 0 bridgehead atoms. The van der Waals surface area contributed by atoms with Gasteiger partial charge in [0.1, 0.15) is 5.75 Å². The Bertz CT molecular complexity index is 741. The Morgan fingerprint density at radius 3 is 2.72 bits per heavy atom. The van der Waals surface area contributed by atoms with Crippen molar-refractivity contribution in [3.05, 3.63) is 29.3 Å². The molecular formula is C18H20O7. The number of hydrogen-bond acceptors (Lipinski definition) is 6. The molecular weight excluding hydrogens is 328 g/mol. The van der Waals surface area contributed by atoms with Crippen molar-refractivity contribution in [2.75, 3.05) is 0 Å². The van der Waals surface area contributed by atoms with Crippen molar-refractivity contribution < 1.29 is 34.4 Å². The van der Waals surface area contributed by atoms with Crippen molar-refractivity contribution in [1.29, 1.82) is 0 Å². The number of Topliss-reactive ketones (excluding diaryl/α,β-unsaturated/α-hetero) is 2. The molecule has 0 spiro atoms. The Balaban J connectivity index is 2.10. The number of carbonyl (C=O) groups is 3. The van der Waals surface area contributed by atoms with Gasteiger partial charge in [-0.15, -0.1) is 0 Å². The van der Waals surface area contributed by atoms with Gasteiger partial charge in [-0.1, -0.05) is 25.5 Å². The summed E-state index contributed by atoms with van der Waals surface area (Å²) in [4.78, 5) is 36.9. The van der Waals surface area contributed by atoms with Crippen LogP contribution >= 0.6 is 0 Å². The van der Waals surface area contributed by atoms with Gasteiger partial charge in [-0.2, -0.15) is 0 Å². The minimum atomic E-state index is -2.09. The summed E-state index contributed by atoms with van der Waals surface area (Å²) in [7, 11) is 0. The summed E-state index contributed by atoms with van der Waals surface area (Å²) in [6, 6.07) is 4.19. The largest absolute Gasteiger partial charge is 0.507 e. The maximum Gasteiger partial charge on any atom is 0.305 e. The van der Waals surface area contributed by atoms with Gasteiger partial charge in [-0.3, -0.25) is 14.4 Å². The van der Waals surface area contributed by atoms with Crippen LogP contribution in [0.1, 0.15) is 53.3 Å². The van der Waals surface area contributed by atoms with Crippen LogP contribution in [0, 0.1) is 5.92 Å². The molecule has 134 valence electrons. The highest BCUT2D eigenvalue weighted by Crippen LogP contribution is 2.46. The molecule has 1 saturated heterocycles. The maximum atomic E-state index is 13.0. The van der Waals surface area contributed by atoms with Gasteiger partial charge in [0.15, 0.2) is 11.4 Å². The molecule has 1 fully saturated rings. The first-order valence-corrected chi connectivity index (χ1v) is 8.31. The van der Waals surface area contributed by atoms with E-state index in [1.807, 2.05) is 6.92 Å². The second kappa shape index (κ2) is 6.24. The van der Waals surface area contributed by atoms with Gasteiger partial charge < -0.3 is 20.1 Å². The number of fused-ring (bicyclic) bond motifs is 2. The quantitative estimate of drug-likeness (QED) is 0.755. The van der Waals surface area contributed by atoms with E-state index < -0.39 is 41.3 Å². The highest BCUT2D eigenvalue weighted by Gasteiger charge is 2.61. The average Bonchev–Trinajstić information content (AvgIpc) is 2.54. The molecule has 3 N–H and O–H groups in total. The molecule has 1 aliphatic heterocycles. The van der Waals surface area contributed by atoms with Crippen LogP contribution in [0.3, 0.4) is 0 Å². The monoisotopic (exact) mass is 348 g/mol. The van der Waals surface area contributed by atoms with Crippen LogP contribution in [0.15, 0.2) is 18.2 Å². The lowest BCUT2D eigenvalue weighted by Gasteiger charge is -2.48. The van der Waals surface area contributed by atoms with Crippen LogP contribution in [-0.2, 0) is 9.53 Å². The fraction of sp³-hybridized carbons (Fsp3) is 0.500. The van der Waals surface area contributed by atoms with Crippen LogP contribution in [0.5, 0.6) is 5.75 Å². The third-order valence-corrected chi connectivity index (χ3v) is 5.05. The van der Waals surface area contributed by atoms with Crippen molar-refractivity contribution in [2.45, 2.75) is 50.4 Å². The standard InChI is InChI=1S/C18H20O7/c1-2-4-13-18(24)11(7-9(25-13)8-14(20)21)16(22)10-5-3-6-12(19)15(10)17(18)23/h3,5-6,9,11,13,19,24H,2,4,7-8H2,1H3,(H,20,21)/t9-,11?,13+,18?/m0/s1. The number of carboxylic acids is 1. The Kier molecular flexibility index (Phi) is 4.38. The van der Waals surface area contributed by atoms with E-state index in [-0.39, 0.29) is 29.7 Å². The van der Waals surface area contributed by atoms with Crippen LogP contribution in [0.25, 0.3) is 0 Å². The average molecular weight is 348 g/mol. The topological polar surface area (TPSA) is 121 Å². The Labute approximate surface area is 144 Å². The molecule has 25 heavy (non-hydrogen) atoms. The number of ether oxygens (including phenoxy) is 1. The minimum Gasteiger partial charge on any atom is -0.507 e. The fourth-order valence-electron chi connectivity index (χ4n) is 3.92. The predicted octanol–water partition coefficient (Wildman–Crippen LogP) is 1.55. The Morgan fingerprint density at radius 1 is 1.36 bits per heavy atom. The second-order valence-corrected chi connectivity index (χ2v) is 6.64. The molecule has 1 aromatic rings. The fourth-order valence-corrected chi connectivity index (χ4v) is 3.92. The summed E-state index contributed by atoms with van der Waals surface area (Å²) >= 11 is 0. The zero-order valence-corrected chi connectivity index (χ0v) is 13.8. The molecule has 0 saturated carbocycles. The zero-order valence-electron chi connectivity index (χ0n) is 13.8. The highest BCUT2D eigenvalue weighted by molar-refractivity contribution is 6.20. The third kappa shape index (κ3) is 2.63. The summed E-state index contributed by atoms with van der Waals surface area (Å²) in [6.45, 7) is 1.84. The van der Waals surface area contributed by atoms with Gasteiger partial charge in [-0.25, -0.2) is 0 Å². The summed E-state index contributed by atoms with van der Waals surface area (Å²) in [6.07, 6.45) is -1.23. The van der Waals surface area contributed by atoms with Crippen molar-refractivity contribution in [3.8, 4) is 5.75 Å². The van der Waals surface area contributed by atoms with E-state index in [2.05, 4.69) is 0 Å². The number of phenolic OH excluding ortho intramolecular Hbond substituents is 1. The molecule has 7 heteroatoms. The third-order valence-electron chi connectivity index (χ3n) is 5.05. The first-order valence-electron chi connectivity index (χ1n) is 8.31. The van der Waals surface area contributed by atoms with Gasteiger partial charge in [0, 0.05) is 5.56 Å². The van der Waals surface area contributed by atoms with Gasteiger partial charge in [-0.05, 0) is 18.9 Å². The SMILES string of the molecule is CCC[C@H]1O[C@H](CC(=O)O)CC2C(=O)c3cccc(O)c3C(=O)C21O. The van der Waals surface area contributed by atoms with Crippen LogP contribution in [0.2, 0.25) is 0 Å². The van der Waals surface area contributed by atoms with Crippen LogP contribution in [0.4, 0.5) is 0 Å². The summed E-state index contributed by atoms with van der Waals surface area (Å²) in [5.41, 5.74) is -2.22. The van der Waals surface area contributed by atoms with Gasteiger partial charge >= 0.3 is 5.97 Å². The number of phenols is 1. The van der Waals surface area contributed by atoms with Crippen molar-refractivity contribution >= 4 is 17.5 Å². The summed E-state index contributed by atoms with van der Waals surface area (Å²) in [5, 5.41) is 30.3. The summed E-state index contributed by atoms with van der Waals surface area (Å²) in [5.74, 6) is -3.71. The number of rotatable bonds is 4. The molecule has 1 aliphatic carbocycles. The molecule has 7 nitrogen and oxygen atoms in total. The van der Waals surface area contributed by atoms with E-state index in [1.54, 1.807) is 0 Å². The Hall–Kier alpha value is -2.25. The molecule has 1 heterocycles. The van der Waals surface area contributed by atoms with E-state index in [0.29, 0.717) is 12.8 Å². The molecule has 1 aromatic carbocycles. The number of carboxylic acid groups (broad SMARTS) is 1. The van der Waals surface area contributed by atoms with Crippen molar-refractivity contribution in [1.82, 2.24) is 0 Å². The van der Waals surface area contributed by atoms with Gasteiger partial charge in [0.2, 0.25) is 5.78 Å². The minimum absolute atomic E-state index is 0.0529. The van der Waals surface area contributed by atoms with Gasteiger partial charge in [0.25, 0.3) is 0 Å². The first kappa shape index (κ1) is 17.6. The summed E-state index contributed by atoms with van der Waals surface area (Å²) < 4.78 is 5.70. The molecule has 2 unspecified atom stereocenters. The van der Waals surface area contributed by atoms with Crippen LogP contribution in [-0.4, -0.2) is 50.7 Å². The van der Waals surface area contributed by atoms with Gasteiger partial charge in [0.05, 0.1) is 30.1 Å². The molecule has 0 aromatic heterocycles.